The monoisotopic (exact) mass is 492 g/mol. The highest BCUT2D eigenvalue weighted by Gasteiger charge is 2.28. The Balaban J connectivity index is 1.39. The minimum absolute atomic E-state index is 0.00897. The standard InChI is InChI=1S/C30H44N4O2/c1-21-12-10-13-22(2)28(21)32-27(35)20-31-25(5)16-6-8-18-34-19-9-7-17-26(34)30(36)33-29-23(3)14-11-15-24(29)4/h10-15,25-26,31H,6-9,16-20H2,1-5H3,(H,32,35)(H,33,36). The summed E-state index contributed by atoms with van der Waals surface area (Å²) < 4.78 is 0. The molecule has 2 aromatic rings. The van der Waals surface area contributed by atoms with E-state index in [4.69, 9.17) is 0 Å². The summed E-state index contributed by atoms with van der Waals surface area (Å²) in [4.78, 5) is 27.9. The molecule has 36 heavy (non-hydrogen) atoms. The van der Waals surface area contributed by atoms with E-state index in [-0.39, 0.29) is 23.9 Å². The molecule has 6 heteroatoms. The molecule has 0 aliphatic carbocycles. The summed E-state index contributed by atoms with van der Waals surface area (Å²) in [5.41, 5.74) is 6.24. The van der Waals surface area contributed by atoms with Crippen molar-refractivity contribution >= 4 is 23.2 Å². The molecule has 2 amide bonds. The van der Waals surface area contributed by atoms with E-state index in [0.717, 1.165) is 85.2 Å². The first-order valence-corrected chi connectivity index (χ1v) is 13.5. The predicted molar refractivity (Wildman–Crippen MR) is 150 cm³/mol. The van der Waals surface area contributed by atoms with Gasteiger partial charge in [0.2, 0.25) is 11.8 Å². The molecular weight excluding hydrogens is 448 g/mol. The number of hydrogen-bond acceptors (Lipinski definition) is 4. The highest BCUT2D eigenvalue weighted by Crippen LogP contribution is 2.23. The Morgan fingerprint density at radius 3 is 2.08 bits per heavy atom. The molecule has 3 rings (SSSR count). The van der Waals surface area contributed by atoms with Crippen LogP contribution in [0.2, 0.25) is 0 Å². The molecule has 2 atom stereocenters. The fourth-order valence-electron chi connectivity index (χ4n) is 5.10. The minimum Gasteiger partial charge on any atom is -0.324 e. The summed E-state index contributed by atoms with van der Waals surface area (Å²) in [5.74, 6) is 0.113. The Kier molecular flexibility index (Phi) is 10.5. The lowest BCUT2D eigenvalue weighted by molar-refractivity contribution is -0.122. The fraction of sp³-hybridized carbons (Fsp3) is 0.533. The van der Waals surface area contributed by atoms with Gasteiger partial charge >= 0.3 is 0 Å². The van der Waals surface area contributed by atoms with Gasteiger partial charge in [-0.05, 0) is 95.6 Å². The van der Waals surface area contributed by atoms with Gasteiger partial charge in [0.25, 0.3) is 0 Å². The number of nitrogens with one attached hydrogen (secondary N) is 3. The fourth-order valence-corrected chi connectivity index (χ4v) is 5.10. The SMILES string of the molecule is Cc1cccc(C)c1NC(=O)CNC(C)CCCCN1CCCCC1C(=O)Nc1c(C)cccc1C. The van der Waals surface area contributed by atoms with Crippen molar-refractivity contribution in [3.05, 3.63) is 58.7 Å². The van der Waals surface area contributed by atoms with Crippen molar-refractivity contribution in [2.75, 3.05) is 30.3 Å². The van der Waals surface area contributed by atoms with Gasteiger partial charge in [0.15, 0.2) is 0 Å². The highest BCUT2D eigenvalue weighted by molar-refractivity contribution is 5.96. The topological polar surface area (TPSA) is 73.5 Å². The number of carbonyl (C=O) groups is 2. The van der Waals surface area contributed by atoms with Crippen LogP contribution in [0.5, 0.6) is 0 Å². The van der Waals surface area contributed by atoms with Gasteiger partial charge in [0.05, 0.1) is 12.6 Å². The van der Waals surface area contributed by atoms with E-state index in [9.17, 15) is 9.59 Å². The second-order valence-corrected chi connectivity index (χ2v) is 10.4. The van der Waals surface area contributed by atoms with Gasteiger partial charge in [-0.2, -0.15) is 0 Å². The third-order valence-corrected chi connectivity index (χ3v) is 7.33. The second kappa shape index (κ2) is 13.6. The number of carbonyl (C=O) groups excluding carboxylic acids is 2. The van der Waals surface area contributed by atoms with Gasteiger partial charge in [0.1, 0.15) is 0 Å². The van der Waals surface area contributed by atoms with E-state index in [1.54, 1.807) is 0 Å². The van der Waals surface area contributed by atoms with E-state index >= 15 is 0 Å². The molecule has 1 saturated heterocycles. The summed E-state index contributed by atoms with van der Waals surface area (Å²) in [7, 11) is 0. The first-order chi connectivity index (χ1) is 17.3. The summed E-state index contributed by atoms with van der Waals surface area (Å²) in [6.45, 7) is 12.5. The number of likely N-dealkylation sites (tertiary alicyclic amines) is 1. The Morgan fingerprint density at radius 2 is 1.47 bits per heavy atom. The van der Waals surface area contributed by atoms with Crippen LogP contribution in [0.4, 0.5) is 11.4 Å². The van der Waals surface area contributed by atoms with Gasteiger partial charge < -0.3 is 16.0 Å². The number of hydrogen-bond donors (Lipinski definition) is 3. The smallest absolute Gasteiger partial charge is 0.241 e. The maximum atomic E-state index is 13.1. The lowest BCUT2D eigenvalue weighted by atomic mass is 9.99. The van der Waals surface area contributed by atoms with Crippen molar-refractivity contribution in [3.8, 4) is 0 Å². The van der Waals surface area contributed by atoms with Crippen LogP contribution in [0, 0.1) is 27.7 Å². The van der Waals surface area contributed by atoms with Crippen molar-refractivity contribution in [2.45, 2.75) is 85.2 Å². The van der Waals surface area contributed by atoms with Crippen molar-refractivity contribution in [1.82, 2.24) is 10.2 Å². The molecule has 3 N–H and O–H groups in total. The zero-order valence-electron chi connectivity index (χ0n) is 22.7. The molecule has 2 aromatic carbocycles. The maximum absolute atomic E-state index is 13.1. The van der Waals surface area contributed by atoms with Crippen molar-refractivity contribution in [1.29, 1.82) is 0 Å². The first-order valence-electron chi connectivity index (χ1n) is 13.5. The first kappa shape index (κ1) is 27.9. The number of anilines is 2. The third-order valence-electron chi connectivity index (χ3n) is 7.33. The van der Waals surface area contributed by atoms with Crippen LogP contribution in [0.1, 0.15) is 67.7 Å². The summed E-state index contributed by atoms with van der Waals surface area (Å²) in [5, 5.41) is 9.60. The van der Waals surface area contributed by atoms with Crippen molar-refractivity contribution in [3.63, 3.8) is 0 Å². The second-order valence-electron chi connectivity index (χ2n) is 10.4. The van der Waals surface area contributed by atoms with Crippen LogP contribution in [-0.2, 0) is 9.59 Å². The molecule has 6 nitrogen and oxygen atoms in total. The van der Waals surface area contributed by atoms with Crippen LogP contribution in [-0.4, -0.2) is 48.4 Å². The number of benzene rings is 2. The number of unbranched alkanes of at least 4 members (excludes halogenated alkanes) is 1. The molecule has 196 valence electrons. The largest absolute Gasteiger partial charge is 0.324 e. The lowest BCUT2D eigenvalue weighted by Crippen LogP contribution is -2.47. The number of piperidine rings is 1. The van der Waals surface area contributed by atoms with Crippen LogP contribution < -0.4 is 16.0 Å². The lowest BCUT2D eigenvalue weighted by Gasteiger charge is -2.35. The Labute approximate surface area is 217 Å². The number of aryl methyl sites for hydroxylation is 4. The zero-order valence-corrected chi connectivity index (χ0v) is 22.7. The van der Waals surface area contributed by atoms with E-state index in [1.807, 2.05) is 64.1 Å². The Bertz CT molecular complexity index is 995. The number of rotatable bonds is 11. The van der Waals surface area contributed by atoms with Gasteiger partial charge in [0, 0.05) is 17.4 Å². The summed E-state index contributed by atoms with van der Waals surface area (Å²) >= 11 is 0. The predicted octanol–water partition coefficient (Wildman–Crippen LogP) is 5.50. The summed E-state index contributed by atoms with van der Waals surface area (Å²) in [6, 6.07) is 12.4. The highest BCUT2D eigenvalue weighted by atomic mass is 16.2. The number of nitrogens with zero attached hydrogens (tertiary/aromatic N) is 1. The molecule has 0 saturated carbocycles. The van der Waals surface area contributed by atoms with Crippen LogP contribution in [0.3, 0.4) is 0 Å². The molecule has 1 fully saturated rings. The molecule has 0 aromatic heterocycles. The van der Waals surface area contributed by atoms with E-state index in [0.29, 0.717) is 6.54 Å². The van der Waals surface area contributed by atoms with Crippen LogP contribution >= 0.6 is 0 Å². The van der Waals surface area contributed by atoms with Crippen LogP contribution in [0.15, 0.2) is 36.4 Å². The molecule has 1 aliphatic heterocycles. The van der Waals surface area contributed by atoms with Crippen molar-refractivity contribution < 1.29 is 9.59 Å². The van der Waals surface area contributed by atoms with E-state index in [1.165, 1.54) is 0 Å². The zero-order chi connectivity index (χ0) is 26.1. The van der Waals surface area contributed by atoms with Gasteiger partial charge in [-0.3, -0.25) is 14.5 Å². The molecule has 0 bridgehead atoms. The van der Waals surface area contributed by atoms with Gasteiger partial charge in [-0.1, -0.05) is 49.2 Å². The molecule has 0 radical (unpaired) electrons. The Hall–Kier alpha value is -2.70. The minimum atomic E-state index is -0.0538. The average molecular weight is 493 g/mol. The van der Waals surface area contributed by atoms with E-state index in [2.05, 4.69) is 27.8 Å². The van der Waals surface area contributed by atoms with Crippen LogP contribution in [0.25, 0.3) is 0 Å². The molecule has 1 heterocycles. The Morgan fingerprint density at radius 1 is 0.889 bits per heavy atom. The van der Waals surface area contributed by atoms with Crippen molar-refractivity contribution in [2.24, 2.45) is 0 Å². The number of amides is 2. The quantitative estimate of drug-likeness (QED) is 0.362. The number of para-hydroxylation sites is 2. The average Bonchev–Trinajstić information content (AvgIpc) is 2.85. The molecular formula is C30H44N4O2. The third kappa shape index (κ3) is 7.90. The van der Waals surface area contributed by atoms with E-state index < -0.39 is 0 Å². The molecule has 0 spiro atoms. The van der Waals surface area contributed by atoms with Gasteiger partial charge in [-0.25, -0.2) is 0 Å². The normalized spacial score (nSPS) is 17.0. The maximum Gasteiger partial charge on any atom is 0.241 e. The molecule has 1 aliphatic rings. The summed E-state index contributed by atoms with van der Waals surface area (Å²) in [6.07, 6.45) is 6.29. The van der Waals surface area contributed by atoms with Gasteiger partial charge in [-0.15, -0.1) is 0 Å². The molecule has 2 unspecified atom stereocenters.